The summed E-state index contributed by atoms with van der Waals surface area (Å²) in [6, 6.07) is 56.8. The molecule has 0 aliphatic heterocycles. The SMILES string of the molecule is CC(C)c1cc(-c2ccccc2)cc(C(C)C)c1-n1c(-c2[c-]cc3oc4ccc(-c5ccccc5)cc4c3c2)nc2ccccc21.[2H]c1[c-]c(-c2ccc([Si](C)(C)C)cn2)cc([2H])c1[2H].[Ir]. The van der Waals surface area contributed by atoms with Crippen molar-refractivity contribution in [3.05, 3.63) is 193 Å². The molecule has 0 aliphatic rings. The molecule has 10 rings (SSSR count). The van der Waals surface area contributed by atoms with Crippen LogP contribution in [0.15, 0.2) is 174 Å². The van der Waals surface area contributed by atoms with Crippen molar-refractivity contribution in [2.24, 2.45) is 0 Å². The molecule has 0 amide bonds. The monoisotopic (exact) mass is 1020 g/mol. The molecule has 0 spiro atoms. The molecule has 4 nitrogen and oxygen atoms in total. The van der Waals surface area contributed by atoms with Crippen LogP contribution in [0.2, 0.25) is 19.6 Å². The van der Waals surface area contributed by atoms with Crippen LogP contribution in [0.3, 0.4) is 0 Å². The van der Waals surface area contributed by atoms with Crippen molar-refractivity contribution in [1.29, 1.82) is 0 Å². The van der Waals surface area contributed by atoms with E-state index in [1.54, 1.807) is 0 Å². The summed E-state index contributed by atoms with van der Waals surface area (Å²) >= 11 is 0. The van der Waals surface area contributed by atoms with E-state index >= 15 is 0 Å². The van der Waals surface area contributed by atoms with Crippen LogP contribution in [0.5, 0.6) is 0 Å². The Morgan fingerprint density at radius 2 is 1.27 bits per heavy atom. The maximum absolute atomic E-state index is 7.64. The maximum Gasteiger partial charge on any atom is 0.121 e. The number of para-hydroxylation sites is 2. The van der Waals surface area contributed by atoms with E-state index in [1.165, 1.54) is 50.3 Å². The average Bonchev–Trinajstić information content (AvgIpc) is 3.88. The minimum Gasteiger partial charge on any atom is -0.500 e. The Morgan fingerprint density at radius 3 is 1.90 bits per heavy atom. The van der Waals surface area contributed by atoms with Gasteiger partial charge in [0.05, 0.1) is 30.5 Å². The smallest absolute Gasteiger partial charge is 0.121 e. The standard InChI is InChI=1S/C43H35N2O.C14H16NSi.Ir/c1-27(2)34-25-33(30-15-9-6-10-16-30)26-35(28(3)4)42(34)45-39-18-12-11-17-38(39)44-43(45)32-20-22-41-37(24-32)36-23-31(19-21-40(36)46-41)29-13-7-5-8-14-29;1-16(2,3)13-9-10-14(15-11-13)12-7-5-4-6-8-12;/h5-19,21-28H,1-4H3;4-7,9-11H,1-3H3;/q2*-1;/i;4D,5D,6D;. The first-order valence-corrected chi connectivity index (χ1v) is 24.9. The van der Waals surface area contributed by atoms with Gasteiger partial charge >= 0.3 is 0 Å². The molecule has 3 aromatic heterocycles. The summed E-state index contributed by atoms with van der Waals surface area (Å²) in [6.07, 6.45) is 1.87. The first kappa shape index (κ1) is 39.7. The molecule has 0 aliphatic carbocycles. The Bertz CT molecular complexity index is 3290. The Balaban J connectivity index is 0.000000249. The molecule has 0 saturated carbocycles. The number of hydrogen-bond acceptors (Lipinski definition) is 3. The van der Waals surface area contributed by atoms with Gasteiger partial charge in [0, 0.05) is 40.1 Å². The van der Waals surface area contributed by atoms with Crippen molar-refractivity contribution >= 4 is 46.2 Å². The molecule has 0 atom stereocenters. The number of furan rings is 1. The molecular weight excluding hydrogens is 963 g/mol. The third-order valence-corrected chi connectivity index (χ3v) is 13.5. The van der Waals surface area contributed by atoms with E-state index in [9.17, 15) is 0 Å². The van der Waals surface area contributed by atoms with Crippen molar-refractivity contribution in [1.82, 2.24) is 14.5 Å². The molecular formula is C57H51IrN3OSi-2. The largest absolute Gasteiger partial charge is 0.500 e. The average molecular weight is 1020 g/mol. The van der Waals surface area contributed by atoms with Gasteiger partial charge < -0.3 is 14.0 Å². The van der Waals surface area contributed by atoms with Gasteiger partial charge in [-0.3, -0.25) is 4.98 Å². The van der Waals surface area contributed by atoms with Crippen LogP contribution in [-0.2, 0) is 20.1 Å². The van der Waals surface area contributed by atoms with Crippen molar-refractivity contribution in [3.63, 3.8) is 0 Å². The predicted molar refractivity (Wildman–Crippen MR) is 263 cm³/mol. The molecule has 3 heterocycles. The van der Waals surface area contributed by atoms with Crippen LogP contribution in [-0.4, -0.2) is 22.6 Å². The van der Waals surface area contributed by atoms with Crippen molar-refractivity contribution < 1.29 is 28.6 Å². The second-order valence-electron chi connectivity index (χ2n) is 17.5. The summed E-state index contributed by atoms with van der Waals surface area (Å²) in [5, 5.41) is 3.42. The summed E-state index contributed by atoms with van der Waals surface area (Å²) in [6.45, 7) is 15.9. The predicted octanol–water partition coefficient (Wildman–Crippen LogP) is 15.1. The Kier molecular flexibility index (Phi) is 11.5. The Labute approximate surface area is 390 Å². The zero-order valence-corrected chi connectivity index (χ0v) is 40.1. The van der Waals surface area contributed by atoms with Gasteiger partial charge in [-0.1, -0.05) is 144 Å². The maximum atomic E-state index is 7.64. The number of hydrogen-bond donors (Lipinski definition) is 0. The van der Waals surface area contributed by atoms with Crippen LogP contribution >= 0.6 is 0 Å². The third kappa shape index (κ3) is 8.90. The van der Waals surface area contributed by atoms with E-state index in [4.69, 9.17) is 13.5 Å². The van der Waals surface area contributed by atoms with E-state index in [0.717, 1.165) is 44.4 Å². The van der Waals surface area contributed by atoms with E-state index in [2.05, 4.69) is 190 Å². The first-order valence-electron chi connectivity index (χ1n) is 22.9. The van der Waals surface area contributed by atoms with E-state index in [1.807, 2.05) is 24.4 Å². The molecule has 63 heavy (non-hydrogen) atoms. The molecule has 10 aromatic rings. The van der Waals surface area contributed by atoms with Crippen LogP contribution in [0.1, 0.15) is 54.8 Å². The van der Waals surface area contributed by atoms with E-state index < -0.39 is 8.07 Å². The summed E-state index contributed by atoms with van der Waals surface area (Å²) in [4.78, 5) is 9.68. The van der Waals surface area contributed by atoms with Gasteiger partial charge in [-0.2, -0.15) is 0 Å². The fraction of sp³-hybridized carbons (Fsp3) is 0.158. The van der Waals surface area contributed by atoms with Gasteiger partial charge in [-0.25, -0.2) is 0 Å². The van der Waals surface area contributed by atoms with Gasteiger partial charge in [0.2, 0.25) is 0 Å². The second-order valence-corrected chi connectivity index (χ2v) is 22.6. The number of rotatable bonds is 8. The van der Waals surface area contributed by atoms with Crippen molar-refractivity contribution in [2.75, 3.05) is 0 Å². The minimum atomic E-state index is -1.36. The molecule has 0 N–H and O–H groups in total. The molecule has 1 radical (unpaired) electrons. The molecule has 6 heteroatoms. The van der Waals surface area contributed by atoms with Gasteiger partial charge in [-0.05, 0) is 93.9 Å². The summed E-state index contributed by atoms with van der Waals surface area (Å²) in [5.74, 6) is 1.48. The molecule has 315 valence electrons. The van der Waals surface area contributed by atoms with Crippen LogP contribution in [0.4, 0.5) is 0 Å². The van der Waals surface area contributed by atoms with Gasteiger partial charge in [0.1, 0.15) is 5.58 Å². The normalized spacial score (nSPS) is 12.2. The van der Waals surface area contributed by atoms with Gasteiger partial charge in [0.15, 0.2) is 0 Å². The fourth-order valence-electron chi connectivity index (χ4n) is 8.12. The number of pyridine rings is 1. The summed E-state index contributed by atoms with van der Waals surface area (Å²) in [7, 11) is -1.36. The topological polar surface area (TPSA) is 43.9 Å². The van der Waals surface area contributed by atoms with E-state index in [-0.39, 0.29) is 38.2 Å². The Morgan fingerprint density at radius 1 is 0.619 bits per heavy atom. The molecule has 0 saturated heterocycles. The zero-order chi connectivity index (χ0) is 45.6. The van der Waals surface area contributed by atoms with Crippen molar-refractivity contribution in [3.8, 4) is 50.6 Å². The molecule has 0 unspecified atom stereocenters. The van der Waals surface area contributed by atoms with E-state index in [0.29, 0.717) is 23.1 Å². The molecule has 0 bridgehead atoms. The number of imidazole rings is 1. The quantitative estimate of drug-likeness (QED) is 0.113. The molecule has 7 aromatic carbocycles. The first-order chi connectivity index (χ1) is 31.2. The number of aromatic nitrogens is 3. The number of fused-ring (bicyclic) bond motifs is 4. The number of benzene rings is 7. The zero-order valence-electron chi connectivity index (χ0n) is 39.7. The number of nitrogens with zero attached hydrogens (tertiary/aromatic N) is 3. The Hall–Kier alpha value is -6.17. The van der Waals surface area contributed by atoms with Crippen LogP contribution in [0, 0.1) is 12.1 Å². The molecule has 0 fully saturated rings. The summed E-state index contributed by atoms with van der Waals surface area (Å²) in [5.41, 5.74) is 14.6. The van der Waals surface area contributed by atoms with Crippen LogP contribution in [0.25, 0.3) is 83.6 Å². The van der Waals surface area contributed by atoms with Gasteiger partial charge in [0.25, 0.3) is 0 Å². The fourth-order valence-corrected chi connectivity index (χ4v) is 9.16. The second kappa shape index (κ2) is 18.3. The van der Waals surface area contributed by atoms with Gasteiger partial charge in [-0.15, -0.1) is 59.6 Å². The van der Waals surface area contributed by atoms with Crippen molar-refractivity contribution in [2.45, 2.75) is 59.2 Å². The minimum absolute atomic E-state index is 0. The van der Waals surface area contributed by atoms with Crippen LogP contribution < -0.4 is 5.19 Å². The summed E-state index contributed by atoms with van der Waals surface area (Å²) < 4.78 is 31.4. The third-order valence-electron chi connectivity index (χ3n) is 11.5.